The summed E-state index contributed by atoms with van der Waals surface area (Å²) in [6.07, 6.45) is 2.78. The molecule has 0 saturated carbocycles. The fourth-order valence-corrected chi connectivity index (χ4v) is 2.38. The maximum absolute atomic E-state index is 11.7. The van der Waals surface area contributed by atoms with Crippen LogP contribution in [0.2, 0.25) is 15.1 Å². The van der Waals surface area contributed by atoms with Crippen LogP contribution in [0.3, 0.4) is 0 Å². The summed E-state index contributed by atoms with van der Waals surface area (Å²) in [5.41, 5.74) is 5.13. The van der Waals surface area contributed by atoms with Gasteiger partial charge in [0.05, 0.1) is 5.02 Å². The van der Waals surface area contributed by atoms with Crippen LogP contribution >= 0.6 is 34.8 Å². The number of ether oxygens (including phenoxy) is 1. The molecule has 2 aromatic rings. The predicted molar refractivity (Wildman–Crippen MR) is 98.7 cm³/mol. The molecule has 5 nitrogen and oxygen atoms in total. The summed E-state index contributed by atoms with van der Waals surface area (Å²) in [4.78, 5) is 23.3. The van der Waals surface area contributed by atoms with Crippen molar-refractivity contribution in [1.82, 2.24) is 10.9 Å². The van der Waals surface area contributed by atoms with Gasteiger partial charge < -0.3 is 4.74 Å². The summed E-state index contributed by atoms with van der Waals surface area (Å²) >= 11 is 17.7. The van der Waals surface area contributed by atoms with E-state index in [2.05, 4.69) is 10.9 Å². The maximum Gasteiger partial charge on any atom is 0.276 e. The van der Waals surface area contributed by atoms with Gasteiger partial charge in [-0.2, -0.15) is 0 Å². The van der Waals surface area contributed by atoms with Crippen LogP contribution in [0.25, 0.3) is 6.08 Å². The topological polar surface area (TPSA) is 67.4 Å². The second-order valence-corrected chi connectivity index (χ2v) is 6.01. The highest BCUT2D eigenvalue weighted by Gasteiger charge is 2.07. The minimum Gasteiger partial charge on any atom is -0.482 e. The van der Waals surface area contributed by atoms with Crippen LogP contribution in [0.15, 0.2) is 48.5 Å². The van der Waals surface area contributed by atoms with E-state index in [-0.39, 0.29) is 11.6 Å². The predicted octanol–water partition coefficient (Wildman–Crippen LogP) is 3.89. The van der Waals surface area contributed by atoms with E-state index in [1.807, 2.05) is 0 Å². The second kappa shape index (κ2) is 9.32. The fourth-order valence-electron chi connectivity index (χ4n) is 1.72. The molecule has 0 bridgehead atoms. The molecule has 8 heteroatoms. The lowest BCUT2D eigenvalue weighted by Crippen LogP contribution is -2.43. The van der Waals surface area contributed by atoms with Gasteiger partial charge in [0, 0.05) is 16.1 Å². The van der Waals surface area contributed by atoms with Crippen molar-refractivity contribution in [3.63, 3.8) is 0 Å². The normalized spacial score (nSPS) is 10.5. The van der Waals surface area contributed by atoms with E-state index in [1.54, 1.807) is 36.4 Å². The van der Waals surface area contributed by atoms with E-state index in [0.29, 0.717) is 21.4 Å². The fraction of sp³-hybridized carbons (Fsp3) is 0.0588. The third-order valence-electron chi connectivity index (χ3n) is 2.90. The van der Waals surface area contributed by atoms with Gasteiger partial charge in [0.15, 0.2) is 6.61 Å². The number of carbonyl (C=O) groups is 2. The van der Waals surface area contributed by atoms with Crippen LogP contribution in [0.4, 0.5) is 0 Å². The highest BCUT2D eigenvalue weighted by atomic mass is 35.5. The Morgan fingerprint density at radius 1 is 1.00 bits per heavy atom. The quantitative estimate of drug-likeness (QED) is 0.592. The summed E-state index contributed by atoms with van der Waals surface area (Å²) in [7, 11) is 0. The van der Waals surface area contributed by atoms with E-state index in [0.717, 1.165) is 0 Å². The van der Waals surface area contributed by atoms with Crippen molar-refractivity contribution < 1.29 is 14.3 Å². The van der Waals surface area contributed by atoms with Crippen molar-refractivity contribution in [2.45, 2.75) is 0 Å². The molecule has 0 unspecified atom stereocenters. The molecule has 0 heterocycles. The molecule has 2 aromatic carbocycles. The van der Waals surface area contributed by atoms with Crippen LogP contribution in [-0.2, 0) is 9.59 Å². The van der Waals surface area contributed by atoms with Crippen molar-refractivity contribution >= 4 is 52.7 Å². The first-order chi connectivity index (χ1) is 12.0. The number of nitrogens with one attached hydrogen (secondary N) is 2. The van der Waals surface area contributed by atoms with Crippen LogP contribution in [0.5, 0.6) is 5.75 Å². The molecule has 0 aliphatic carbocycles. The first-order valence-corrected chi connectivity index (χ1v) is 8.18. The smallest absolute Gasteiger partial charge is 0.276 e. The first kappa shape index (κ1) is 19.1. The van der Waals surface area contributed by atoms with Crippen LogP contribution in [0, 0.1) is 0 Å². The lowest BCUT2D eigenvalue weighted by atomic mass is 10.2. The van der Waals surface area contributed by atoms with Gasteiger partial charge in [-0.3, -0.25) is 20.4 Å². The number of halogens is 3. The van der Waals surface area contributed by atoms with Gasteiger partial charge in [0.1, 0.15) is 5.75 Å². The largest absolute Gasteiger partial charge is 0.482 e. The van der Waals surface area contributed by atoms with E-state index >= 15 is 0 Å². The number of hydrogen-bond donors (Lipinski definition) is 2. The van der Waals surface area contributed by atoms with E-state index in [4.69, 9.17) is 39.5 Å². The van der Waals surface area contributed by atoms with Crippen LogP contribution in [0.1, 0.15) is 5.56 Å². The Hall–Kier alpha value is -2.21. The second-order valence-electron chi connectivity index (χ2n) is 4.76. The van der Waals surface area contributed by atoms with Crippen molar-refractivity contribution in [2.75, 3.05) is 6.61 Å². The monoisotopic (exact) mass is 398 g/mol. The van der Waals surface area contributed by atoms with Gasteiger partial charge in [-0.15, -0.1) is 0 Å². The molecule has 2 amide bonds. The molecule has 2 N–H and O–H groups in total. The number of carbonyl (C=O) groups excluding carboxylic acids is 2. The average Bonchev–Trinajstić information content (AvgIpc) is 2.58. The summed E-state index contributed by atoms with van der Waals surface area (Å²) in [5, 5.41) is 1.26. The number of rotatable bonds is 5. The van der Waals surface area contributed by atoms with Gasteiger partial charge in [-0.25, -0.2) is 0 Å². The van der Waals surface area contributed by atoms with Gasteiger partial charge in [0.25, 0.3) is 11.8 Å². The molecule has 2 rings (SSSR count). The van der Waals surface area contributed by atoms with Crippen molar-refractivity contribution in [1.29, 1.82) is 0 Å². The summed E-state index contributed by atoms with van der Waals surface area (Å²) in [6.45, 7) is -0.324. The highest BCUT2D eigenvalue weighted by molar-refractivity contribution is 6.35. The third kappa shape index (κ3) is 6.31. The van der Waals surface area contributed by atoms with Crippen LogP contribution < -0.4 is 15.6 Å². The zero-order valence-electron chi connectivity index (χ0n) is 12.8. The molecular weight excluding hydrogens is 387 g/mol. The summed E-state index contributed by atoms with van der Waals surface area (Å²) < 4.78 is 5.24. The Labute approximate surface area is 159 Å². The third-order valence-corrected chi connectivity index (χ3v) is 3.77. The molecular formula is C17H13Cl3N2O3. The molecule has 0 atom stereocenters. The minimum absolute atomic E-state index is 0.284. The van der Waals surface area contributed by atoms with E-state index < -0.39 is 11.8 Å². The Kier molecular flexibility index (Phi) is 7.13. The van der Waals surface area contributed by atoms with Crippen molar-refractivity contribution in [2.24, 2.45) is 0 Å². The molecule has 0 fully saturated rings. The highest BCUT2D eigenvalue weighted by Crippen LogP contribution is 2.27. The number of amides is 2. The lowest BCUT2D eigenvalue weighted by molar-refractivity contribution is -0.128. The SMILES string of the molecule is O=C(/C=C/c1ccccc1Cl)NNC(=O)COc1ccc(Cl)cc1Cl. The van der Waals surface area contributed by atoms with Crippen molar-refractivity contribution in [3.05, 3.63) is 69.2 Å². The zero-order chi connectivity index (χ0) is 18.2. The van der Waals surface area contributed by atoms with Crippen molar-refractivity contribution in [3.8, 4) is 5.75 Å². The number of benzene rings is 2. The Balaban J connectivity index is 1.77. The van der Waals surface area contributed by atoms with Gasteiger partial charge in [-0.05, 0) is 35.9 Å². The molecule has 0 aliphatic heterocycles. The molecule has 0 saturated heterocycles. The number of hydrogen-bond acceptors (Lipinski definition) is 3. The average molecular weight is 400 g/mol. The molecule has 0 aliphatic rings. The van der Waals surface area contributed by atoms with Crippen LogP contribution in [-0.4, -0.2) is 18.4 Å². The van der Waals surface area contributed by atoms with E-state index in [9.17, 15) is 9.59 Å². The standard InChI is InChI=1S/C17H13Cl3N2O3/c18-12-6-7-15(14(20)9-12)25-10-17(24)22-21-16(23)8-5-11-3-1-2-4-13(11)19/h1-9H,10H2,(H,21,23)(H,22,24)/b8-5+. The zero-order valence-corrected chi connectivity index (χ0v) is 15.0. The number of hydrazine groups is 1. The lowest BCUT2D eigenvalue weighted by Gasteiger charge is -2.09. The maximum atomic E-state index is 11.7. The Morgan fingerprint density at radius 3 is 2.48 bits per heavy atom. The van der Waals surface area contributed by atoms with Gasteiger partial charge in [0.2, 0.25) is 0 Å². The minimum atomic E-state index is -0.550. The molecule has 0 radical (unpaired) electrons. The van der Waals surface area contributed by atoms with E-state index in [1.165, 1.54) is 18.2 Å². The Morgan fingerprint density at radius 2 is 1.76 bits per heavy atom. The van der Waals surface area contributed by atoms with Gasteiger partial charge in [-0.1, -0.05) is 53.0 Å². The summed E-state index contributed by atoms with van der Waals surface area (Å²) in [6, 6.07) is 11.7. The molecule has 0 spiro atoms. The molecule has 25 heavy (non-hydrogen) atoms. The van der Waals surface area contributed by atoms with Gasteiger partial charge >= 0.3 is 0 Å². The Bertz CT molecular complexity index is 809. The molecule has 130 valence electrons. The first-order valence-electron chi connectivity index (χ1n) is 7.05. The summed E-state index contributed by atoms with van der Waals surface area (Å²) in [5.74, 6) is -0.755. The molecule has 0 aromatic heterocycles.